The van der Waals surface area contributed by atoms with E-state index in [1.54, 1.807) is 60.7 Å². The Bertz CT molecular complexity index is 1360. The van der Waals surface area contributed by atoms with Gasteiger partial charge in [0.25, 0.3) is 0 Å². The molecular weight excluding hydrogens is 554 g/mol. The van der Waals surface area contributed by atoms with Crippen molar-refractivity contribution in [3.05, 3.63) is 108 Å². The summed E-state index contributed by atoms with van der Waals surface area (Å²) in [4.78, 5) is 0. The predicted molar refractivity (Wildman–Crippen MR) is 141 cm³/mol. The lowest BCUT2D eigenvalue weighted by Crippen LogP contribution is -1.95. The van der Waals surface area contributed by atoms with Crippen molar-refractivity contribution < 1.29 is 20.1 Å². The first kappa shape index (κ1) is 25.6. The number of phenolic OH excluding ortho intramolecular Hbond substituents is 3. The molecule has 35 heavy (non-hydrogen) atoms. The average Bonchev–Trinajstić information content (AvgIpc) is 2.79. The maximum absolute atomic E-state index is 10.5. The first-order valence-electron chi connectivity index (χ1n) is 10.2. The SMILES string of the molecule is Oc1ccc(Cc2cc(Cl)c(O)c(Oc3c(Cl)cc(Cc4cc(Cl)c(O)c(Cl)c4)cc3Cl)c2)cc1. The fourth-order valence-electron chi connectivity index (χ4n) is 3.53. The van der Waals surface area contributed by atoms with Gasteiger partial charge in [-0.1, -0.05) is 70.1 Å². The lowest BCUT2D eigenvalue weighted by atomic mass is 10.0. The third-order valence-corrected chi connectivity index (χ3v) is 6.61. The van der Waals surface area contributed by atoms with Crippen LogP contribution in [0, 0.1) is 0 Å². The van der Waals surface area contributed by atoms with Crippen LogP contribution in [0.25, 0.3) is 0 Å². The fraction of sp³-hybridized carbons (Fsp3) is 0.0769. The molecule has 0 unspecified atom stereocenters. The van der Waals surface area contributed by atoms with Crippen LogP contribution in [-0.4, -0.2) is 15.3 Å². The minimum Gasteiger partial charge on any atom is -0.508 e. The van der Waals surface area contributed by atoms with Gasteiger partial charge in [-0.15, -0.1) is 0 Å². The van der Waals surface area contributed by atoms with E-state index in [9.17, 15) is 15.3 Å². The van der Waals surface area contributed by atoms with Crippen LogP contribution in [0.2, 0.25) is 25.1 Å². The van der Waals surface area contributed by atoms with Gasteiger partial charge in [-0.2, -0.15) is 0 Å². The van der Waals surface area contributed by atoms with Crippen LogP contribution < -0.4 is 4.74 Å². The molecule has 0 saturated carbocycles. The number of phenols is 3. The van der Waals surface area contributed by atoms with E-state index >= 15 is 0 Å². The van der Waals surface area contributed by atoms with Crippen LogP contribution in [0.4, 0.5) is 0 Å². The van der Waals surface area contributed by atoms with Gasteiger partial charge in [0, 0.05) is 0 Å². The van der Waals surface area contributed by atoms with Crippen LogP contribution in [0.5, 0.6) is 28.7 Å². The Kier molecular flexibility index (Phi) is 7.80. The fourth-order valence-corrected chi connectivity index (χ4v) is 4.91. The largest absolute Gasteiger partial charge is 0.508 e. The van der Waals surface area contributed by atoms with Gasteiger partial charge in [0.15, 0.2) is 23.0 Å². The molecule has 0 spiro atoms. The summed E-state index contributed by atoms with van der Waals surface area (Å²) in [5.41, 5.74) is 3.22. The van der Waals surface area contributed by atoms with E-state index in [2.05, 4.69) is 0 Å². The second kappa shape index (κ2) is 10.7. The van der Waals surface area contributed by atoms with E-state index in [4.69, 9.17) is 62.7 Å². The number of benzene rings is 4. The minimum absolute atomic E-state index is 0.0972. The second-order valence-corrected chi connectivity index (χ2v) is 9.88. The van der Waals surface area contributed by atoms with Gasteiger partial charge in [0.2, 0.25) is 0 Å². The number of hydrogen-bond donors (Lipinski definition) is 3. The molecular formula is C26H17Cl5O4. The van der Waals surface area contributed by atoms with Crippen LogP contribution in [-0.2, 0) is 12.8 Å². The summed E-state index contributed by atoms with van der Waals surface area (Å²) in [6.45, 7) is 0. The standard InChI is InChI=1S/C26H17Cl5O4/c27-18-7-14(8-19(28)24(18)33)6-15-10-21(30)26(22(31)11-15)35-23-12-16(9-20(29)25(23)34)5-13-1-3-17(32)4-2-13/h1-4,7-12,32-34H,5-6H2. The van der Waals surface area contributed by atoms with Gasteiger partial charge in [-0.25, -0.2) is 0 Å². The average molecular weight is 571 g/mol. The Labute approximate surface area is 226 Å². The van der Waals surface area contributed by atoms with Crippen molar-refractivity contribution in [1.29, 1.82) is 0 Å². The zero-order chi connectivity index (χ0) is 25.3. The van der Waals surface area contributed by atoms with Crippen molar-refractivity contribution in [1.82, 2.24) is 0 Å². The number of aromatic hydroxyl groups is 3. The molecule has 4 rings (SSSR count). The molecule has 4 nitrogen and oxygen atoms in total. The Morgan fingerprint density at radius 2 is 0.943 bits per heavy atom. The molecule has 0 radical (unpaired) electrons. The quantitative estimate of drug-likeness (QED) is 0.216. The zero-order valence-electron chi connectivity index (χ0n) is 17.8. The van der Waals surface area contributed by atoms with Gasteiger partial charge >= 0.3 is 0 Å². The van der Waals surface area contributed by atoms with Crippen molar-refractivity contribution >= 4 is 58.0 Å². The molecule has 3 N–H and O–H groups in total. The predicted octanol–water partition coefficient (Wildman–Crippen LogP) is 9.04. The molecule has 0 aliphatic heterocycles. The smallest absolute Gasteiger partial charge is 0.177 e. The van der Waals surface area contributed by atoms with Gasteiger partial charge < -0.3 is 20.1 Å². The van der Waals surface area contributed by atoms with Gasteiger partial charge in [-0.3, -0.25) is 0 Å². The second-order valence-electron chi connectivity index (χ2n) is 7.84. The van der Waals surface area contributed by atoms with Gasteiger partial charge in [-0.05, 0) is 83.6 Å². The van der Waals surface area contributed by atoms with E-state index in [-0.39, 0.29) is 53.9 Å². The maximum Gasteiger partial charge on any atom is 0.177 e. The maximum atomic E-state index is 10.5. The highest BCUT2D eigenvalue weighted by Gasteiger charge is 2.17. The third kappa shape index (κ3) is 6.03. The van der Waals surface area contributed by atoms with Crippen molar-refractivity contribution in [2.45, 2.75) is 12.8 Å². The van der Waals surface area contributed by atoms with Crippen molar-refractivity contribution in [3.8, 4) is 28.7 Å². The van der Waals surface area contributed by atoms with Crippen LogP contribution >= 0.6 is 58.0 Å². The summed E-state index contributed by atoms with van der Waals surface area (Å²) in [5.74, 6) is 0.00601. The van der Waals surface area contributed by atoms with Gasteiger partial charge in [0.05, 0.1) is 25.1 Å². The summed E-state index contributed by atoms with van der Waals surface area (Å²) in [5, 5.41) is 30.6. The molecule has 9 heteroatoms. The molecule has 4 aromatic carbocycles. The topological polar surface area (TPSA) is 69.9 Å². The Morgan fingerprint density at radius 3 is 1.49 bits per heavy atom. The summed E-state index contributed by atoms with van der Waals surface area (Å²) in [7, 11) is 0. The van der Waals surface area contributed by atoms with Crippen LogP contribution in [0.3, 0.4) is 0 Å². The third-order valence-electron chi connectivity index (χ3n) is 5.19. The Hall–Kier alpha value is -2.47. The first-order valence-corrected chi connectivity index (χ1v) is 12.1. The van der Waals surface area contributed by atoms with E-state index in [1.807, 2.05) is 0 Å². The minimum atomic E-state index is -0.245. The summed E-state index contributed by atoms with van der Waals surface area (Å²) in [6.07, 6.45) is 0.896. The molecule has 0 aromatic heterocycles. The Balaban J connectivity index is 1.60. The molecule has 0 aliphatic carbocycles. The van der Waals surface area contributed by atoms with Crippen molar-refractivity contribution in [2.75, 3.05) is 0 Å². The Morgan fingerprint density at radius 1 is 0.514 bits per heavy atom. The molecule has 0 saturated heterocycles. The summed E-state index contributed by atoms with van der Waals surface area (Å²) in [6, 6.07) is 16.6. The molecule has 0 heterocycles. The lowest BCUT2D eigenvalue weighted by Gasteiger charge is -2.15. The zero-order valence-corrected chi connectivity index (χ0v) is 21.6. The number of ether oxygens (including phenoxy) is 1. The van der Waals surface area contributed by atoms with Crippen molar-refractivity contribution in [3.63, 3.8) is 0 Å². The molecule has 180 valence electrons. The number of hydrogen-bond acceptors (Lipinski definition) is 4. The first-order chi connectivity index (χ1) is 16.6. The highest BCUT2D eigenvalue weighted by molar-refractivity contribution is 6.38. The summed E-state index contributed by atoms with van der Waals surface area (Å²) < 4.78 is 5.89. The number of halogens is 5. The van der Waals surface area contributed by atoms with Crippen LogP contribution in [0.1, 0.15) is 22.3 Å². The van der Waals surface area contributed by atoms with E-state index in [0.717, 1.165) is 22.3 Å². The lowest BCUT2D eigenvalue weighted by molar-refractivity contribution is 0.411. The molecule has 0 aliphatic rings. The summed E-state index contributed by atoms with van der Waals surface area (Å²) >= 11 is 31.2. The molecule has 4 aromatic rings. The monoisotopic (exact) mass is 568 g/mol. The highest BCUT2D eigenvalue weighted by Crippen LogP contribution is 2.43. The molecule has 0 fully saturated rings. The van der Waals surface area contributed by atoms with E-state index in [0.29, 0.717) is 12.8 Å². The molecule has 0 amide bonds. The van der Waals surface area contributed by atoms with E-state index in [1.165, 1.54) is 0 Å². The van der Waals surface area contributed by atoms with E-state index < -0.39 is 0 Å². The normalized spacial score (nSPS) is 11.0. The van der Waals surface area contributed by atoms with Crippen molar-refractivity contribution in [2.24, 2.45) is 0 Å². The van der Waals surface area contributed by atoms with Crippen LogP contribution in [0.15, 0.2) is 60.7 Å². The molecule has 0 bridgehead atoms. The molecule has 0 atom stereocenters. The highest BCUT2D eigenvalue weighted by atomic mass is 35.5. The number of rotatable bonds is 6. The van der Waals surface area contributed by atoms with Gasteiger partial charge in [0.1, 0.15) is 5.75 Å².